The topological polar surface area (TPSA) is 72.5 Å². The van der Waals surface area contributed by atoms with Crippen LogP contribution in [0.15, 0.2) is 41.8 Å². The monoisotopic (exact) mass is 397 g/mol. The van der Waals surface area contributed by atoms with E-state index < -0.39 is 48.0 Å². The average molecular weight is 397 g/mol. The number of rotatable bonds is 5. The molecule has 1 saturated carbocycles. The van der Waals surface area contributed by atoms with Crippen LogP contribution in [0.5, 0.6) is 0 Å². The number of carbonyl (C=O) groups excluding carboxylic acids is 3. The van der Waals surface area contributed by atoms with Crippen molar-refractivity contribution in [2.75, 3.05) is 6.61 Å². The SMILES string of the molecule is O=C(COC(=O)[C@H]1C[C@@H]1c1ccccc1C(F)(F)F)NC(=O)c1cccs1. The Hall–Kier alpha value is -2.68. The summed E-state index contributed by atoms with van der Waals surface area (Å²) in [6.07, 6.45) is -4.28. The van der Waals surface area contributed by atoms with Gasteiger partial charge in [-0.3, -0.25) is 19.7 Å². The van der Waals surface area contributed by atoms with E-state index in [1.165, 1.54) is 24.3 Å². The third kappa shape index (κ3) is 4.54. The van der Waals surface area contributed by atoms with Crippen molar-refractivity contribution >= 4 is 29.1 Å². The van der Waals surface area contributed by atoms with E-state index >= 15 is 0 Å². The fourth-order valence-corrected chi connectivity index (χ4v) is 3.37. The van der Waals surface area contributed by atoms with Crippen LogP contribution in [0.2, 0.25) is 0 Å². The van der Waals surface area contributed by atoms with Crippen molar-refractivity contribution in [3.8, 4) is 0 Å². The Morgan fingerprint density at radius 1 is 1.15 bits per heavy atom. The van der Waals surface area contributed by atoms with Gasteiger partial charge in [0.05, 0.1) is 16.4 Å². The van der Waals surface area contributed by atoms with Crippen LogP contribution in [0, 0.1) is 5.92 Å². The van der Waals surface area contributed by atoms with Crippen molar-refractivity contribution in [3.63, 3.8) is 0 Å². The second-order valence-electron chi connectivity index (χ2n) is 6.00. The van der Waals surface area contributed by atoms with Gasteiger partial charge in [-0.1, -0.05) is 24.3 Å². The number of amides is 2. The third-order valence-electron chi connectivity index (χ3n) is 4.10. The molecule has 3 rings (SSSR count). The summed E-state index contributed by atoms with van der Waals surface area (Å²) in [5, 5.41) is 3.75. The molecule has 142 valence electrons. The number of esters is 1. The number of alkyl halides is 3. The summed E-state index contributed by atoms with van der Waals surface area (Å²) in [7, 11) is 0. The molecule has 0 aliphatic heterocycles. The minimum atomic E-state index is -4.50. The van der Waals surface area contributed by atoms with Crippen LogP contribution < -0.4 is 5.32 Å². The molecule has 1 N–H and O–H groups in total. The highest BCUT2D eigenvalue weighted by atomic mass is 32.1. The minimum Gasteiger partial charge on any atom is -0.455 e. The van der Waals surface area contributed by atoms with Gasteiger partial charge in [0.2, 0.25) is 0 Å². The maximum Gasteiger partial charge on any atom is 0.416 e. The van der Waals surface area contributed by atoms with Crippen LogP contribution >= 0.6 is 11.3 Å². The van der Waals surface area contributed by atoms with E-state index in [1.807, 2.05) is 0 Å². The molecule has 0 bridgehead atoms. The highest BCUT2D eigenvalue weighted by Crippen LogP contribution is 2.51. The summed E-state index contributed by atoms with van der Waals surface area (Å²) in [6.45, 7) is -0.667. The fourth-order valence-electron chi connectivity index (χ4n) is 2.75. The Morgan fingerprint density at radius 3 is 2.56 bits per heavy atom. The predicted octanol–water partition coefficient (Wildman–Crippen LogP) is 3.37. The van der Waals surface area contributed by atoms with Crippen molar-refractivity contribution in [2.45, 2.75) is 18.5 Å². The zero-order chi connectivity index (χ0) is 19.6. The normalized spacial score (nSPS) is 18.6. The summed E-state index contributed by atoms with van der Waals surface area (Å²) >= 11 is 1.15. The smallest absolute Gasteiger partial charge is 0.416 e. The van der Waals surface area contributed by atoms with Crippen molar-refractivity contribution in [1.82, 2.24) is 5.32 Å². The third-order valence-corrected chi connectivity index (χ3v) is 4.97. The van der Waals surface area contributed by atoms with Crippen LogP contribution in [0.3, 0.4) is 0 Å². The minimum absolute atomic E-state index is 0.0456. The first-order chi connectivity index (χ1) is 12.8. The molecule has 9 heteroatoms. The molecule has 2 atom stereocenters. The number of benzene rings is 1. The Bertz CT molecular complexity index is 864. The lowest BCUT2D eigenvalue weighted by molar-refractivity contribution is -0.149. The first-order valence-electron chi connectivity index (χ1n) is 7.98. The second-order valence-corrected chi connectivity index (χ2v) is 6.94. The molecule has 1 heterocycles. The zero-order valence-corrected chi connectivity index (χ0v) is 14.6. The molecule has 1 aromatic heterocycles. The van der Waals surface area contributed by atoms with E-state index in [1.54, 1.807) is 11.4 Å². The van der Waals surface area contributed by atoms with Gasteiger partial charge in [-0.2, -0.15) is 13.2 Å². The maximum absolute atomic E-state index is 13.1. The Labute approximate surface area is 156 Å². The predicted molar refractivity (Wildman–Crippen MR) is 90.0 cm³/mol. The summed E-state index contributed by atoms with van der Waals surface area (Å²) in [5.74, 6) is -3.47. The lowest BCUT2D eigenvalue weighted by Crippen LogP contribution is -2.33. The van der Waals surface area contributed by atoms with E-state index in [2.05, 4.69) is 5.32 Å². The fraction of sp³-hybridized carbons (Fsp3) is 0.278. The molecular weight excluding hydrogens is 383 g/mol. The van der Waals surface area contributed by atoms with E-state index in [0.29, 0.717) is 4.88 Å². The standard InChI is InChI=1S/C18H14F3NO4S/c19-18(20,21)13-5-2-1-4-10(13)11-8-12(11)17(25)26-9-15(23)22-16(24)14-6-3-7-27-14/h1-7,11-12H,8-9H2,(H,22,23,24)/t11-,12+/m1/s1. The van der Waals surface area contributed by atoms with Crippen molar-refractivity contribution < 1.29 is 32.3 Å². The van der Waals surface area contributed by atoms with Gasteiger partial charge in [-0.25, -0.2) is 0 Å². The second kappa shape index (κ2) is 7.51. The van der Waals surface area contributed by atoms with Crippen LogP contribution in [0.25, 0.3) is 0 Å². The number of halogens is 3. The summed E-state index contributed by atoms with van der Waals surface area (Å²) in [6, 6.07) is 8.26. The molecule has 1 aromatic carbocycles. The molecule has 0 radical (unpaired) electrons. The first-order valence-corrected chi connectivity index (χ1v) is 8.86. The van der Waals surface area contributed by atoms with E-state index in [9.17, 15) is 27.6 Å². The Kier molecular flexibility index (Phi) is 5.31. The summed E-state index contributed by atoms with van der Waals surface area (Å²) in [4.78, 5) is 35.7. The van der Waals surface area contributed by atoms with Crippen molar-refractivity contribution in [2.24, 2.45) is 5.92 Å². The number of nitrogens with one attached hydrogen (secondary N) is 1. The van der Waals surface area contributed by atoms with Gasteiger partial charge in [0, 0.05) is 0 Å². The summed E-state index contributed by atoms with van der Waals surface area (Å²) < 4.78 is 44.0. The van der Waals surface area contributed by atoms with Crippen LogP contribution in [0.1, 0.15) is 33.1 Å². The van der Waals surface area contributed by atoms with Crippen LogP contribution in [-0.2, 0) is 20.5 Å². The van der Waals surface area contributed by atoms with Crippen molar-refractivity contribution in [3.05, 3.63) is 57.8 Å². The highest BCUT2D eigenvalue weighted by molar-refractivity contribution is 7.12. The highest BCUT2D eigenvalue weighted by Gasteiger charge is 2.48. The van der Waals surface area contributed by atoms with Gasteiger partial charge in [-0.05, 0) is 35.4 Å². The average Bonchev–Trinajstić information content (AvgIpc) is 3.22. The lowest BCUT2D eigenvalue weighted by Gasteiger charge is -2.12. The molecule has 5 nitrogen and oxygen atoms in total. The van der Waals surface area contributed by atoms with Gasteiger partial charge in [0.15, 0.2) is 6.61 Å². The van der Waals surface area contributed by atoms with Gasteiger partial charge in [0.1, 0.15) is 0 Å². The molecule has 0 unspecified atom stereocenters. The molecule has 27 heavy (non-hydrogen) atoms. The largest absolute Gasteiger partial charge is 0.455 e. The van der Waals surface area contributed by atoms with Crippen LogP contribution in [-0.4, -0.2) is 24.4 Å². The van der Waals surface area contributed by atoms with E-state index in [0.717, 1.165) is 17.4 Å². The Balaban J connectivity index is 1.52. The molecular formula is C18H14F3NO4S. The Morgan fingerprint density at radius 2 is 1.89 bits per heavy atom. The molecule has 1 aliphatic carbocycles. The number of carbonyl (C=O) groups is 3. The molecule has 1 aliphatic rings. The van der Waals surface area contributed by atoms with Crippen LogP contribution in [0.4, 0.5) is 13.2 Å². The number of hydrogen-bond donors (Lipinski definition) is 1. The van der Waals surface area contributed by atoms with E-state index in [-0.39, 0.29) is 12.0 Å². The number of hydrogen-bond acceptors (Lipinski definition) is 5. The summed E-state index contributed by atoms with van der Waals surface area (Å²) in [5.41, 5.74) is -0.728. The van der Waals surface area contributed by atoms with E-state index in [4.69, 9.17) is 4.74 Å². The van der Waals surface area contributed by atoms with Gasteiger partial charge < -0.3 is 4.74 Å². The quantitative estimate of drug-likeness (QED) is 0.786. The molecule has 0 saturated heterocycles. The lowest BCUT2D eigenvalue weighted by atomic mass is 10.0. The molecule has 1 fully saturated rings. The van der Waals surface area contributed by atoms with Gasteiger partial charge in [-0.15, -0.1) is 11.3 Å². The molecule has 2 amide bonds. The van der Waals surface area contributed by atoms with Gasteiger partial charge >= 0.3 is 12.1 Å². The van der Waals surface area contributed by atoms with Crippen molar-refractivity contribution in [1.29, 1.82) is 0 Å². The zero-order valence-electron chi connectivity index (χ0n) is 13.8. The molecule has 0 spiro atoms. The number of thiophene rings is 1. The van der Waals surface area contributed by atoms with Gasteiger partial charge in [0.25, 0.3) is 11.8 Å². The first kappa shape index (κ1) is 19.1. The number of imide groups is 1. The maximum atomic E-state index is 13.1. The number of ether oxygens (including phenoxy) is 1. The molecule has 2 aromatic rings.